The highest BCUT2D eigenvalue weighted by molar-refractivity contribution is 7.00. The van der Waals surface area contributed by atoms with Crippen molar-refractivity contribution in [3.63, 3.8) is 0 Å². The van der Waals surface area contributed by atoms with Gasteiger partial charge < -0.3 is 5.32 Å². The molecule has 1 aliphatic heterocycles. The number of carbonyl (C=O) groups is 1. The summed E-state index contributed by atoms with van der Waals surface area (Å²) in [6, 6.07) is 8.63. The molecule has 1 aromatic carbocycles. The summed E-state index contributed by atoms with van der Waals surface area (Å²) in [5, 5.41) is 7.66. The van der Waals surface area contributed by atoms with E-state index in [0.29, 0.717) is 6.04 Å². The maximum Gasteiger partial charge on any atom is 0.228 e. The molecule has 29 heavy (non-hydrogen) atoms. The van der Waals surface area contributed by atoms with Crippen LogP contribution < -0.4 is 5.32 Å². The Labute approximate surface area is 174 Å². The number of benzene rings is 1. The Morgan fingerprint density at radius 2 is 1.86 bits per heavy atom. The zero-order chi connectivity index (χ0) is 19.6. The Hall–Kier alpha value is -2.32. The highest BCUT2D eigenvalue weighted by atomic mass is 32.1. The summed E-state index contributed by atoms with van der Waals surface area (Å²) in [5.41, 5.74) is 3.25. The lowest BCUT2D eigenvalue weighted by atomic mass is 10.0. The molecular weight excluding hydrogens is 384 g/mol. The second-order valence-electron chi connectivity index (χ2n) is 8.23. The minimum Gasteiger partial charge on any atom is -0.311 e. The third-order valence-electron chi connectivity index (χ3n) is 6.27. The Morgan fingerprint density at radius 3 is 2.69 bits per heavy atom. The van der Waals surface area contributed by atoms with Gasteiger partial charge in [0, 0.05) is 31.6 Å². The Kier molecular flexibility index (Phi) is 5.28. The Balaban J connectivity index is 1.18. The van der Waals surface area contributed by atoms with Crippen LogP contribution in [0.3, 0.4) is 0 Å². The first kappa shape index (κ1) is 18.7. The lowest BCUT2D eigenvalue weighted by Crippen LogP contribution is -2.35. The van der Waals surface area contributed by atoms with E-state index in [9.17, 15) is 4.79 Å². The summed E-state index contributed by atoms with van der Waals surface area (Å²) in [6.45, 7) is 2.98. The van der Waals surface area contributed by atoms with E-state index in [2.05, 4.69) is 42.3 Å². The van der Waals surface area contributed by atoms with Crippen molar-refractivity contribution in [1.29, 1.82) is 0 Å². The fraction of sp³-hybridized carbons (Fsp3) is 0.524. The van der Waals surface area contributed by atoms with Crippen LogP contribution in [0.15, 0.2) is 30.5 Å². The predicted octanol–water partition coefficient (Wildman–Crippen LogP) is 3.85. The van der Waals surface area contributed by atoms with Gasteiger partial charge in [0.2, 0.25) is 5.91 Å². The van der Waals surface area contributed by atoms with Crippen LogP contribution in [0.4, 0.5) is 5.82 Å². The van der Waals surface area contributed by atoms with E-state index in [1.54, 1.807) is 6.20 Å². The highest BCUT2D eigenvalue weighted by Gasteiger charge is 2.26. The van der Waals surface area contributed by atoms with Crippen LogP contribution in [-0.4, -0.2) is 42.4 Å². The van der Waals surface area contributed by atoms with Crippen LogP contribution >= 0.6 is 11.7 Å². The standard InChI is InChI=1S/C21H26N6OS/c28-21(16-3-1-2-4-16)23-20-7-10-22-27(20)17-8-11-26(12-9-17)14-15-5-6-18-19(13-15)25-29-24-18/h5-7,10,13,16-17H,1-4,8-9,11-12,14H2,(H,23,28). The molecule has 0 unspecified atom stereocenters. The van der Waals surface area contributed by atoms with E-state index in [-0.39, 0.29) is 11.8 Å². The van der Waals surface area contributed by atoms with Crippen molar-refractivity contribution >= 4 is 34.5 Å². The first-order chi connectivity index (χ1) is 14.3. The largest absolute Gasteiger partial charge is 0.311 e. The van der Waals surface area contributed by atoms with Gasteiger partial charge in [-0.3, -0.25) is 9.69 Å². The van der Waals surface area contributed by atoms with Gasteiger partial charge in [-0.25, -0.2) is 4.68 Å². The second kappa shape index (κ2) is 8.20. The van der Waals surface area contributed by atoms with Crippen LogP contribution in [-0.2, 0) is 11.3 Å². The van der Waals surface area contributed by atoms with E-state index >= 15 is 0 Å². The molecule has 2 fully saturated rings. The number of nitrogens with one attached hydrogen (secondary N) is 1. The molecule has 0 spiro atoms. The second-order valence-corrected chi connectivity index (χ2v) is 8.75. The van der Waals surface area contributed by atoms with Gasteiger partial charge in [0.25, 0.3) is 0 Å². The first-order valence-electron chi connectivity index (χ1n) is 10.5. The molecule has 1 amide bonds. The maximum atomic E-state index is 12.5. The number of piperidine rings is 1. The number of nitrogens with zero attached hydrogens (tertiary/aromatic N) is 5. The summed E-state index contributed by atoms with van der Waals surface area (Å²) in [5.74, 6) is 1.18. The molecule has 0 bridgehead atoms. The van der Waals surface area contributed by atoms with E-state index in [0.717, 1.165) is 62.2 Å². The molecule has 1 saturated heterocycles. The average Bonchev–Trinajstić information content (AvgIpc) is 3.50. The molecule has 3 aromatic rings. The molecule has 0 atom stereocenters. The van der Waals surface area contributed by atoms with E-state index < -0.39 is 0 Å². The number of fused-ring (bicyclic) bond motifs is 1. The minimum absolute atomic E-state index is 0.161. The van der Waals surface area contributed by atoms with Crippen molar-refractivity contribution < 1.29 is 4.79 Å². The minimum atomic E-state index is 0.161. The smallest absolute Gasteiger partial charge is 0.228 e. The zero-order valence-corrected chi connectivity index (χ0v) is 17.3. The molecule has 2 aliphatic rings. The molecule has 3 heterocycles. The third kappa shape index (κ3) is 4.04. The van der Waals surface area contributed by atoms with Gasteiger partial charge >= 0.3 is 0 Å². The number of rotatable bonds is 5. The van der Waals surface area contributed by atoms with Crippen molar-refractivity contribution in [3.8, 4) is 0 Å². The summed E-state index contributed by atoms with van der Waals surface area (Å²) in [4.78, 5) is 15.0. The van der Waals surface area contributed by atoms with Gasteiger partial charge in [-0.2, -0.15) is 13.8 Å². The Morgan fingerprint density at radius 1 is 1.07 bits per heavy atom. The topological polar surface area (TPSA) is 75.9 Å². The van der Waals surface area contributed by atoms with E-state index in [1.165, 1.54) is 30.1 Å². The average molecular weight is 411 g/mol. The predicted molar refractivity (Wildman–Crippen MR) is 114 cm³/mol. The summed E-state index contributed by atoms with van der Waals surface area (Å²) < 4.78 is 10.6. The molecule has 1 N–H and O–H groups in total. The van der Waals surface area contributed by atoms with Crippen LogP contribution in [0.2, 0.25) is 0 Å². The highest BCUT2D eigenvalue weighted by Crippen LogP contribution is 2.29. The number of amides is 1. The van der Waals surface area contributed by atoms with Crippen LogP contribution in [0.25, 0.3) is 11.0 Å². The molecule has 1 aliphatic carbocycles. The lowest BCUT2D eigenvalue weighted by molar-refractivity contribution is -0.119. The molecule has 2 aromatic heterocycles. The summed E-state index contributed by atoms with van der Waals surface area (Å²) in [6.07, 6.45) is 8.24. The van der Waals surface area contributed by atoms with Crippen LogP contribution in [0.5, 0.6) is 0 Å². The lowest BCUT2D eigenvalue weighted by Gasteiger charge is -2.32. The molecule has 152 valence electrons. The fourth-order valence-corrected chi connectivity index (χ4v) is 5.14. The van der Waals surface area contributed by atoms with Gasteiger partial charge in [-0.05, 0) is 43.4 Å². The number of hydrogen-bond acceptors (Lipinski definition) is 6. The molecule has 0 radical (unpaired) electrons. The summed E-state index contributed by atoms with van der Waals surface area (Å²) in [7, 11) is 0. The van der Waals surface area contributed by atoms with Crippen molar-refractivity contribution in [3.05, 3.63) is 36.0 Å². The van der Waals surface area contributed by atoms with Crippen molar-refractivity contribution in [2.75, 3.05) is 18.4 Å². The molecule has 5 rings (SSSR count). The van der Waals surface area contributed by atoms with Crippen LogP contribution in [0, 0.1) is 5.92 Å². The van der Waals surface area contributed by atoms with Crippen LogP contribution in [0.1, 0.15) is 50.1 Å². The molecule has 8 heteroatoms. The number of aromatic nitrogens is 4. The third-order valence-corrected chi connectivity index (χ3v) is 6.83. The number of likely N-dealkylation sites (tertiary alicyclic amines) is 1. The molecule has 7 nitrogen and oxygen atoms in total. The van der Waals surface area contributed by atoms with Gasteiger partial charge in [-0.1, -0.05) is 18.9 Å². The number of anilines is 1. The fourth-order valence-electron chi connectivity index (χ4n) is 4.63. The molecule has 1 saturated carbocycles. The normalized spacial score (nSPS) is 19.2. The van der Waals surface area contributed by atoms with Crippen molar-refractivity contribution in [2.24, 2.45) is 5.92 Å². The first-order valence-corrected chi connectivity index (χ1v) is 11.3. The maximum absolute atomic E-state index is 12.5. The van der Waals surface area contributed by atoms with Gasteiger partial charge in [0.15, 0.2) is 0 Å². The molecular formula is C21H26N6OS. The van der Waals surface area contributed by atoms with Gasteiger partial charge in [0.1, 0.15) is 16.9 Å². The summed E-state index contributed by atoms with van der Waals surface area (Å²) >= 11 is 1.27. The number of carbonyl (C=O) groups excluding carboxylic acids is 1. The van der Waals surface area contributed by atoms with Crippen molar-refractivity contribution in [1.82, 2.24) is 23.4 Å². The van der Waals surface area contributed by atoms with Gasteiger partial charge in [-0.15, -0.1) is 0 Å². The zero-order valence-electron chi connectivity index (χ0n) is 16.5. The van der Waals surface area contributed by atoms with E-state index in [4.69, 9.17) is 0 Å². The van der Waals surface area contributed by atoms with Gasteiger partial charge in [0.05, 0.1) is 24.0 Å². The monoisotopic (exact) mass is 410 g/mol. The quantitative estimate of drug-likeness (QED) is 0.691. The number of hydrogen-bond donors (Lipinski definition) is 1. The van der Waals surface area contributed by atoms with E-state index in [1.807, 2.05) is 10.7 Å². The van der Waals surface area contributed by atoms with Crippen molar-refractivity contribution in [2.45, 2.75) is 51.1 Å². The SMILES string of the molecule is O=C(Nc1ccnn1C1CCN(Cc2ccc3nsnc3c2)CC1)C1CCCC1. The Bertz CT molecular complexity index is 984.